The number of sulfone groups is 1. The van der Waals surface area contributed by atoms with Crippen molar-refractivity contribution in [2.24, 2.45) is 0 Å². The third-order valence-electron chi connectivity index (χ3n) is 6.14. The number of anilines is 1. The molecule has 1 fully saturated rings. The number of piperazine rings is 1. The van der Waals surface area contributed by atoms with Crippen molar-refractivity contribution in [3.05, 3.63) is 65.0 Å². The van der Waals surface area contributed by atoms with Crippen molar-refractivity contribution in [1.82, 2.24) is 4.90 Å². The normalized spacial score (nSPS) is 17.3. The Hall–Kier alpha value is -2.92. The van der Waals surface area contributed by atoms with E-state index in [0.717, 1.165) is 24.0 Å². The minimum Gasteiger partial charge on any atom is -0.377 e. The molecule has 0 aliphatic carbocycles. The summed E-state index contributed by atoms with van der Waals surface area (Å²) in [6.07, 6.45) is -1.12. The van der Waals surface area contributed by atoms with Gasteiger partial charge in [-0.25, -0.2) is 12.8 Å². The molecule has 2 aromatic carbocycles. The van der Waals surface area contributed by atoms with Gasteiger partial charge in [-0.1, -0.05) is 12.1 Å². The first kappa shape index (κ1) is 25.2. The fraction of sp³-hybridized carbons (Fsp3) is 0.375. The Morgan fingerprint density at radius 3 is 2.31 bits per heavy atom. The maximum Gasteiger partial charge on any atom is 0.416 e. The molecule has 188 valence electrons. The van der Waals surface area contributed by atoms with Crippen molar-refractivity contribution >= 4 is 27.0 Å². The maximum atomic E-state index is 14.4. The average molecular weight is 513 g/mol. The Bertz CT molecular complexity index is 1270. The van der Waals surface area contributed by atoms with Crippen molar-refractivity contribution in [3.8, 4) is 0 Å². The van der Waals surface area contributed by atoms with E-state index in [1.165, 1.54) is 12.1 Å². The minimum absolute atomic E-state index is 0.0303. The van der Waals surface area contributed by atoms with Crippen LogP contribution in [-0.4, -0.2) is 64.9 Å². The van der Waals surface area contributed by atoms with Gasteiger partial charge in [-0.15, -0.1) is 0 Å². The van der Waals surface area contributed by atoms with E-state index in [1.807, 2.05) is 6.08 Å². The molecule has 35 heavy (non-hydrogen) atoms. The number of hydrogen-bond donors (Lipinski definition) is 0. The van der Waals surface area contributed by atoms with E-state index in [1.54, 1.807) is 15.9 Å². The standard InChI is InChI=1S/C24H24F4N2O4S/c1-35(32,33)18-3-4-19(16-6-12-34-13-7-16)20(15-18)23(31)30-10-8-29(9-11-30)22-5-2-17(14-21(22)25)24(26,27)28/h2-6,14-15H,7-13H2,1H3. The van der Waals surface area contributed by atoms with Crippen molar-refractivity contribution in [3.63, 3.8) is 0 Å². The molecule has 1 saturated heterocycles. The number of rotatable bonds is 4. The lowest BCUT2D eigenvalue weighted by Crippen LogP contribution is -2.49. The van der Waals surface area contributed by atoms with Gasteiger partial charge in [0, 0.05) is 38.0 Å². The second kappa shape index (κ2) is 9.62. The number of halogens is 4. The largest absolute Gasteiger partial charge is 0.416 e. The summed E-state index contributed by atoms with van der Waals surface area (Å²) in [4.78, 5) is 16.6. The summed E-state index contributed by atoms with van der Waals surface area (Å²) in [5.74, 6) is -1.33. The van der Waals surface area contributed by atoms with Crippen LogP contribution in [0, 0.1) is 5.82 Å². The van der Waals surface area contributed by atoms with Gasteiger partial charge in [0.2, 0.25) is 0 Å². The van der Waals surface area contributed by atoms with Gasteiger partial charge in [0.05, 0.1) is 29.4 Å². The van der Waals surface area contributed by atoms with E-state index in [-0.39, 0.29) is 48.2 Å². The van der Waals surface area contributed by atoms with E-state index in [9.17, 15) is 30.8 Å². The average Bonchev–Trinajstić information content (AvgIpc) is 2.83. The molecule has 0 spiro atoms. The van der Waals surface area contributed by atoms with Gasteiger partial charge < -0.3 is 14.5 Å². The Kier molecular flexibility index (Phi) is 6.92. The summed E-state index contributed by atoms with van der Waals surface area (Å²) in [5, 5.41) is 0. The minimum atomic E-state index is -4.64. The van der Waals surface area contributed by atoms with Crippen LogP contribution in [0.15, 0.2) is 47.4 Å². The number of carbonyl (C=O) groups excluding carboxylic acids is 1. The van der Waals surface area contributed by atoms with E-state index in [2.05, 4.69) is 0 Å². The first-order valence-electron chi connectivity index (χ1n) is 11.0. The van der Waals surface area contributed by atoms with Gasteiger partial charge in [0.1, 0.15) is 5.82 Å². The van der Waals surface area contributed by atoms with Crippen LogP contribution in [0.3, 0.4) is 0 Å². The molecular formula is C24H24F4N2O4S. The molecular weight excluding hydrogens is 488 g/mol. The molecule has 0 saturated carbocycles. The highest BCUT2D eigenvalue weighted by Gasteiger charge is 2.32. The molecule has 1 amide bonds. The SMILES string of the molecule is CS(=O)(=O)c1ccc(C2=CCOCC2)c(C(=O)N2CCN(c3ccc(C(F)(F)F)cc3F)CC2)c1. The molecule has 2 aromatic rings. The van der Waals surface area contributed by atoms with Gasteiger partial charge in [-0.05, 0) is 47.9 Å². The fourth-order valence-corrected chi connectivity index (χ4v) is 4.89. The fourth-order valence-electron chi connectivity index (χ4n) is 4.24. The van der Waals surface area contributed by atoms with E-state index in [4.69, 9.17) is 4.74 Å². The molecule has 0 unspecified atom stereocenters. The summed E-state index contributed by atoms with van der Waals surface area (Å²) in [6, 6.07) is 6.89. The lowest BCUT2D eigenvalue weighted by atomic mass is 9.95. The van der Waals surface area contributed by atoms with Crippen LogP contribution in [0.25, 0.3) is 5.57 Å². The first-order valence-corrected chi connectivity index (χ1v) is 12.9. The molecule has 0 aromatic heterocycles. The summed E-state index contributed by atoms with van der Waals surface area (Å²) < 4.78 is 82.5. The molecule has 6 nitrogen and oxygen atoms in total. The predicted octanol–water partition coefficient (Wildman–Crippen LogP) is 4.01. The van der Waals surface area contributed by atoms with Crippen LogP contribution in [0.4, 0.5) is 23.2 Å². The third-order valence-corrected chi connectivity index (χ3v) is 7.25. The monoisotopic (exact) mass is 512 g/mol. The highest BCUT2D eigenvalue weighted by Crippen LogP contribution is 2.33. The number of hydrogen-bond acceptors (Lipinski definition) is 5. The smallest absolute Gasteiger partial charge is 0.377 e. The number of alkyl halides is 3. The maximum absolute atomic E-state index is 14.4. The van der Waals surface area contributed by atoms with Crippen molar-refractivity contribution in [2.45, 2.75) is 17.5 Å². The Morgan fingerprint density at radius 1 is 1.03 bits per heavy atom. The Balaban J connectivity index is 1.56. The highest BCUT2D eigenvalue weighted by molar-refractivity contribution is 7.90. The molecule has 2 aliphatic rings. The van der Waals surface area contributed by atoms with Gasteiger partial charge in [-0.3, -0.25) is 4.79 Å². The van der Waals surface area contributed by atoms with Gasteiger partial charge in [0.15, 0.2) is 9.84 Å². The molecule has 0 atom stereocenters. The number of nitrogens with zero attached hydrogens (tertiary/aromatic N) is 2. The summed E-state index contributed by atoms with van der Waals surface area (Å²) in [7, 11) is -3.55. The molecule has 4 rings (SSSR count). The second-order valence-electron chi connectivity index (χ2n) is 8.48. The number of ether oxygens (including phenoxy) is 1. The quantitative estimate of drug-likeness (QED) is 0.580. The molecule has 0 bridgehead atoms. The molecule has 2 heterocycles. The van der Waals surface area contributed by atoms with Crippen LogP contribution < -0.4 is 4.90 Å². The van der Waals surface area contributed by atoms with Gasteiger partial charge >= 0.3 is 6.18 Å². The van der Waals surface area contributed by atoms with Gasteiger partial charge in [0.25, 0.3) is 5.91 Å². The lowest BCUT2D eigenvalue weighted by Gasteiger charge is -2.36. The topological polar surface area (TPSA) is 66.9 Å². The zero-order valence-corrected chi connectivity index (χ0v) is 19.8. The second-order valence-corrected chi connectivity index (χ2v) is 10.5. The molecule has 0 N–H and O–H groups in total. The van der Waals surface area contributed by atoms with Gasteiger partial charge in [-0.2, -0.15) is 13.2 Å². The molecule has 0 radical (unpaired) electrons. The summed E-state index contributed by atoms with van der Waals surface area (Å²) >= 11 is 0. The number of carbonyl (C=O) groups is 1. The third kappa shape index (κ3) is 5.51. The van der Waals surface area contributed by atoms with Crippen molar-refractivity contribution in [2.75, 3.05) is 50.5 Å². The van der Waals surface area contributed by atoms with Crippen LogP contribution in [-0.2, 0) is 20.8 Å². The predicted molar refractivity (Wildman–Crippen MR) is 122 cm³/mol. The highest BCUT2D eigenvalue weighted by atomic mass is 32.2. The van der Waals surface area contributed by atoms with Crippen LogP contribution in [0.1, 0.15) is 27.9 Å². The molecule has 2 aliphatic heterocycles. The van der Waals surface area contributed by atoms with Crippen molar-refractivity contribution in [1.29, 1.82) is 0 Å². The zero-order valence-electron chi connectivity index (χ0n) is 18.9. The summed E-state index contributed by atoms with van der Waals surface area (Å²) in [5.41, 5.74) is 0.771. The zero-order chi connectivity index (χ0) is 25.4. The molecule has 11 heteroatoms. The van der Waals surface area contributed by atoms with E-state index < -0.39 is 27.4 Å². The van der Waals surface area contributed by atoms with E-state index in [0.29, 0.717) is 31.3 Å². The van der Waals surface area contributed by atoms with Crippen LogP contribution >= 0.6 is 0 Å². The number of amides is 1. The lowest BCUT2D eigenvalue weighted by molar-refractivity contribution is -0.137. The van der Waals surface area contributed by atoms with E-state index >= 15 is 0 Å². The number of benzene rings is 2. The van der Waals surface area contributed by atoms with Crippen LogP contribution in [0.2, 0.25) is 0 Å². The van der Waals surface area contributed by atoms with Crippen LogP contribution in [0.5, 0.6) is 0 Å². The van der Waals surface area contributed by atoms with Crippen molar-refractivity contribution < 1.29 is 35.5 Å². The summed E-state index contributed by atoms with van der Waals surface area (Å²) in [6.45, 7) is 1.71. The Labute approximate surface area is 200 Å². The Morgan fingerprint density at radius 2 is 1.74 bits per heavy atom. The first-order chi connectivity index (χ1) is 16.4.